The van der Waals surface area contributed by atoms with E-state index in [-0.39, 0.29) is 21.7 Å². The molecule has 12 heavy (non-hydrogen) atoms. The molecule has 0 fully saturated rings. The summed E-state index contributed by atoms with van der Waals surface area (Å²) in [6, 6.07) is 8.70. The van der Waals surface area contributed by atoms with Crippen molar-refractivity contribution in [2.24, 2.45) is 0 Å². The van der Waals surface area contributed by atoms with Gasteiger partial charge in [0.05, 0.1) is 0 Å². The van der Waals surface area contributed by atoms with Crippen molar-refractivity contribution in [3.05, 3.63) is 41.0 Å². The number of benzene rings is 1. The van der Waals surface area contributed by atoms with E-state index in [9.17, 15) is 0 Å². The summed E-state index contributed by atoms with van der Waals surface area (Å²) in [6.07, 6.45) is 2.31. The summed E-state index contributed by atoms with van der Waals surface area (Å²) in [5.41, 5.74) is 5.28. The topological polar surface area (TPSA) is 0 Å². The first-order valence-electron chi connectivity index (χ1n) is 4.06. The average molecular weight is 208 g/mol. The molecule has 1 unspecified atom stereocenters. The molecule has 0 aromatic heterocycles. The molecule has 0 heterocycles. The molecule has 2 heteroatoms. The molecule has 0 nitrogen and oxygen atoms in total. The maximum Gasteiger partial charge on any atom is 0.0174 e. The zero-order valence-electron chi connectivity index (χ0n) is 7.46. The van der Waals surface area contributed by atoms with E-state index in [0.717, 1.165) is 5.54 Å². The number of fused-ring (bicyclic) bond motifs is 1. The van der Waals surface area contributed by atoms with Crippen LogP contribution in [0.15, 0.2) is 29.8 Å². The van der Waals surface area contributed by atoms with E-state index in [1.807, 2.05) is 0 Å². The molecule has 0 bridgehead atoms. The summed E-state index contributed by atoms with van der Waals surface area (Å²) in [5.74, 6) is 0. The standard InChI is InChI=1S/C10H12Si.Ti/c1-7-6-8-4-2-3-5-9(8)10(7)11;/h2-6,10H,1,11H3;. The number of allylic oxidation sites excluding steroid dienone is 1. The Hall–Kier alpha value is -0.109. The second kappa shape index (κ2) is 3.73. The van der Waals surface area contributed by atoms with Gasteiger partial charge in [-0.05, 0) is 23.6 Å². The summed E-state index contributed by atoms with van der Waals surface area (Å²) in [7, 11) is 1.24. The number of rotatable bonds is 0. The van der Waals surface area contributed by atoms with Gasteiger partial charge in [0.2, 0.25) is 0 Å². The van der Waals surface area contributed by atoms with Gasteiger partial charge >= 0.3 is 0 Å². The van der Waals surface area contributed by atoms with Gasteiger partial charge in [0, 0.05) is 32.0 Å². The van der Waals surface area contributed by atoms with Gasteiger partial charge in [0.1, 0.15) is 0 Å². The predicted molar refractivity (Wildman–Crippen MR) is 52.8 cm³/mol. The molecule has 2 rings (SSSR count). The summed E-state index contributed by atoms with van der Waals surface area (Å²) in [6.45, 7) is 2.23. The molecule has 1 aromatic carbocycles. The van der Waals surface area contributed by atoms with Crippen LogP contribution < -0.4 is 0 Å². The molecular weight excluding hydrogens is 196 g/mol. The molecule has 0 radical (unpaired) electrons. The second-order valence-corrected chi connectivity index (χ2v) is 4.39. The average Bonchev–Trinajstić information content (AvgIpc) is 2.30. The second-order valence-electron chi connectivity index (χ2n) is 3.24. The number of hydrogen-bond acceptors (Lipinski definition) is 0. The summed E-state index contributed by atoms with van der Waals surface area (Å²) in [5, 5.41) is 0. The maximum absolute atomic E-state index is 2.31. The SMILES string of the molecule is CC1=Cc2ccccc2C1[SiH3].[Ti]. The van der Waals surface area contributed by atoms with E-state index in [1.165, 1.54) is 26.9 Å². The van der Waals surface area contributed by atoms with Crippen LogP contribution in [0.3, 0.4) is 0 Å². The van der Waals surface area contributed by atoms with Crippen molar-refractivity contribution in [3.63, 3.8) is 0 Å². The van der Waals surface area contributed by atoms with Crippen LogP contribution in [-0.2, 0) is 21.7 Å². The maximum atomic E-state index is 2.31. The van der Waals surface area contributed by atoms with E-state index >= 15 is 0 Å². The Kier molecular flexibility index (Phi) is 3.10. The fourth-order valence-corrected chi connectivity index (χ4v) is 2.34. The number of hydrogen-bond donors (Lipinski definition) is 0. The Balaban J connectivity index is 0.000000720. The van der Waals surface area contributed by atoms with Crippen LogP contribution in [0.25, 0.3) is 6.08 Å². The van der Waals surface area contributed by atoms with Crippen molar-refractivity contribution in [2.75, 3.05) is 0 Å². The van der Waals surface area contributed by atoms with Crippen LogP contribution in [0.1, 0.15) is 23.6 Å². The molecular formula is C10H12SiTi. The molecule has 1 atom stereocenters. The summed E-state index contributed by atoms with van der Waals surface area (Å²) < 4.78 is 0. The summed E-state index contributed by atoms with van der Waals surface area (Å²) in [4.78, 5) is 0. The molecule has 0 N–H and O–H groups in total. The van der Waals surface area contributed by atoms with Crippen molar-refractivity contribution in [2.45, 2.75) is 12.5 Å². The molecule has 0 saturated carbocycles. The first kappa shape index (κ1) is 9.98. The van der Waals surface area contributed by atoms with Crippen LogP contribution in [0.5, 0.6) is 0 Å². The molecule has 1 aliphatic carbocycles. The quantitative estimate of drug-likeness (QED) is 0.567. The molecule has 1 aromatic rings. The Bertz CT molecular complexity index is 317. The molecule has 0 saturated heterocycles. The minimum atomic E-state index is 0. The molecule has 60 valence electrons. The van der Waals surface area contributed by atoms with Gasteiger partial charge in [0.25, 0.3) is 0 Å². The fraction of sp³-hybridized carbons (Fsp3) is 0.200. The molecule has 1 aliphatic rings. The van der Waals surface area contributed by atoms with Crippen molar-refractivity contribution >= 4 is 16.3 Å². The van der Waals surface area contributed by atoms with Crippen molar-refractivity contribution < 1.29 is 21.7 Å². The third kappa shape index (κ3) is 1.49. The van der Waals surface area contributed by atoms with Gasteiger partial charge in [-0.1, -0.05) is 35.9 Å². The minimum Gasteiger partial charge on any atom is -0.0689 e. The van der Waals surface area contributed by atoms with Crippen molar-refractivity contribution in [1.82, 2.24) is 0 Å². The molecule has 0 spiro atoms. The summed E-state index contributed by atoms with van der Waals surface area (Å²) >= 11 is 0. The smallest absolute Gasteiger partial charge is 0.0174 e. The van der Waals surface area contributed by atoms with Gasteiger partial charge < -0.3 is 0 Å². The van der Waals surface area contributed by atoms with E-state index in [4.69, 9.17) is 0 Å². The zero-order chi connectivity index (χ0) is 7.84. The van der Waals surface area contributed by atoms with Crippen molar-refractivity contribution in [3.8, 4) is 0 Å². The Labute approximate surface area is 91.4 Å². The van der Waals surface area contributed by atoms with Crippen LogP contribution in [0, 0.1) is 0 Å². The van der Waals surface area contributed by atoms with Crippen molar-refractivity contribution in [1.29, 1.82) is 0 Å². The van der Waals surface area contributed by atoms with Gasteiger partial charge in [-0.25, -0.2) is 0 Å². The largest absolute Gasteiger partial charge is 0.0689 e. The van der Waals surface area contributed by atoms with Crippen LogP contribution in [-0.4, -0.2) is 10.2 Å². The Morgan fingerprint density at radius 3 is 2.58 bits per heavy atom. The minimum absolute atomic E-state index is 0. The van der Waals surface area contributed by atoms with Crippen LogP contribution in [0.4, 0.5) is 0 Å². The van der Waals surface area contributed by atoms with Crippen LogP contribution >= 0.6 is 0 Å². The zero-order valence-corrected chi connectivity index (χ0v) is 11.0. The third-order valence-corrected chi connectivity index (χ3v) is 4.06. The normalized spacial score (nSPS) is 19.8. The van der Waals surface area contributed by atoms with E-state index < -0.39 is 0 Å². The first-order chi connectivity index (χ1) is 5.29. The predicted octanol–water partition coefficient (Wildman–Crippen LogP) is 1.51. The third-order valence-electron chi connectivity index (χ3n) is 2.53. The Morgan fingerprint density at radius 1 is 1.25 bits per heavy atom. The molecule has 0 aliphatic heterocycles. The van der Waals surface area contributed by atoms with Gasteiger partial charge in [0.15, 0.2) is 0 Å². The van der Waals surface area contributed by atoms with E-state index in [1.54, 1.807) is 0 Å². The van der Waals surface area contributed by atoms with Gasteiger partial charge in [-0.3, -0.25) is 0 Å². The van der Waals surface area contributed by atoms with Gasteiger partial charge in [-0.2, -0.15) is 0 Å². The monoisotopic (exact) mass is 208 g/mol. The van der Waals surface area contributed by atoms with E-state index in [2.05, 4.69) is 37.3 Å². The Morgan fingerprint density at radius 2 is 1.92 bits per heavy atom. The van der Waals surface area contributed by atoms with E-state index in [0.29, 0.717) is 0 Å². The molecule has 0 amide bonds. The van der Waals surface area contributed by atoms with Gasteiger partial charge in [-0.15, -0.1) is 0 Å². The van der Waals surface area contributed by atoms with Crippen LogP contribution in [0.2, 0.25) is 0 Å². The fourth-order valence-electron chi connectivity index (χ4n) is 1.65. The first-order valence-corrected chi connectivity index (χ1v) is 5.21.